The molecule has 1 aromatic heterocycles. The molecule has 0 N–H and O–H groups in total. The molecule has 0 unspecified atom stereocenters. The van der Waals surface area contributed by atoms with Gasteiger partial charge in [-0.3, -0.25) is 4.79 Å². The first-order valence-electron chi connectivity index (χ1n) is 5.19. The number of carbonyl (C=O) groups excluding carboxylic acids is 1. The molecule has 86 valence electrons. The lowest BCUT2D eigenvalue weighted by atomic mass is 10.2. The zero-order valence-corrected chi connectivity index (χ0v) is 9.31. The van der Waals surface area contributed by atoms with Crippen molar-refractivity contribution >= 4 is 11.9 Å². The molecular weight excluding hydrogens is 219 g/mol. The van der Waals surface area contributed by atoms with E-state index in [2.05, 4.69) is 0 Å². The third kappa shape index (κ3) is 2.91. The topological polar surface area (TPSA) is 30.2 Å². The Labute approximate surface area is 98.4 Å². The Kier molecular flexibility index (Phi) is 3.19. The van der Waals surface area contributed by atoms with Gasteiger partial charge in [-0.2, -0.15) is 0 Å². The van der Waals surface area contributed by atoms with E-state index in [-0.39, 0.29) is 17.4 Å². The molecule has 0 aliphatic heterocycles. The van der Waals surface area contributed by atoms with Crippen molar-refractivity contribution in [3.63, 3.8) is 0 Å². The van der Waals surface area contributed by atoms with E-state index < -0.39 is 0 Å². The second-order valence-electron chi connectivity index (χ2n) is 3.66. The molecule has 0 saturated carbocycles. The summed E-state index contributed by atoms with van der Waals surface area (Å²) in [4.78, 5) is 11.6. The maximum absolute atomic E-state index is 12.9. The van der Waals surface area contributed by atoms with Crippen LogP contribution in [0.1, 0.15) is 21.9 Å². The molecule has 3 heteroatoms. The fourth-order valence-corrected chi connectivity index (χ4v) is 1.43. The predicted molar refractivity (Wildman–Crippen MR) is 63.2 cm³/mol. The third-order valence-corrected chi connectivity index (χ3v) is 2.26. The van der Waals surface area contributed by atoms with Crippen molar-refractivity contribution in [1.29, 1.82) is 0 Å². The van der Waals surface area contributed by atoms with E-state index in [4.69, 9.17) is 4.42 Å². The van der Waals surface area contributed by atoms with Gasteiger partial charge in [0.1, 0.15) is 11.6 Å². The van der Waals surface area contributed by atoms with Gasteiger partial charge in [0.25, 0.3) is 0 Å². The zero-order chi connectivity index (χ0) is 12.3. The van der Waals surface area contributed by atoms with Crippen LogP contribution in [0.15, 0.2) is 46.9 Å². The highest BCUT2D eigenvalue weighted by atomic mass is 19.1. The second-order valence-corrected chi connectivity index (χ2v) is 3.66. The molecule has 0 saturated heterocycles. The summed E-state index contributed by atoms with van der Waals surface area (Å²) in [5.74, 6) is 0.415. The zero-order valence-electron chi connectivity index (χ0n) is 9.31. The summed E-state index contributed by atoms with van der Waals surface area (Å²) in [5, 5.41) is 0. The van der Waals surface area contributed by atoms with E-state index >= 15 is 0 Å². The van der Waals surface area contributed by atoms with Crippen molar-refractivity contribution in [2.75, 3.05) is 0 Å². The van der Waals surface area contributed by atoms with Gasteiger partial charge >= 0.3 is 0 Å². The fraction of sp³-hybridized carbons (Fsp3) is 0.0714. The number of hydrogen-bond acceptors (Lipinski definition) is 2. The second kappa shape index (κ2) is 4.78. The summed E-state index contributed by atoms with van der Waals surface area (Å²) >= 11 is 0. The van der Waals surface area contributed by atoms with E-state index in [1.54, 1.807) is 37.3 Å². The van der Waals surface area contributed by atoms with Gasteiger partial charge in [-0.25, -0.2) is 4.39 Å². The van der Waals surface area contributed by atoms with Crippen LogP contribution >= 0.6 is 0 Å². The average Bonchev–Trinajstić information content (AvgIpc) is 2.73. The molecule has 1 heterocycles. The summed E-state index contributed by atoms with van der Waals surface area (Å²) in [5.41, 5.74) is 0.640. The number of benzene rings is 1. The molecule has 2 nitrogen and oxygen atoms in total. The Bertz CT molecular complexity index is 567. The first-order valence-corrected chi connectivity index (χ1v) is 5.19. The summed E-state index contributed by atoms with van der Waals surface area (Å²) in [7, 11) is 0. The van der Waals surface area contributed by atoms with Gasteiger partial charge in [-0.1, -0.05) is 18.2 Å². The lowest BCUT2D eigenvalue weighted by molar-refractivity contribution is 0.102. The van der Waals surface area contributed by atoms with Crippen molar-refractivity contribution in [2.45, 2.75) is 6.92 Å². The Morgan fingerprint density at radius 3 is 2.76 bits per heavy atom. The highest BCUT2D eigenvalue weighted by molar-refractivity contribution is 6.04. The van der Waals surface area contributed by atoms with Gasteiger partial charge in [-0.15, -0.1) is 0 Å². The Balaban J connectivity index is 2.13. The number of hydrogen-bond donors (Lipinski definition) is 0. The van der Waals surface area contributed by atoms with Crippen molar-refractivity contribution in [3.8, 4) is 0 Å². The molecule has 0 spiro atoms. The summed E-state index contributed by atoms with van der Waals surface area (Å²) in [6.45, 7) is 1.77. The quantitative estimate of drug-likeness (QED) is 0.595. The van der Waals surface area contributed by atoms with E-state index in [1.165, 1.54) is 18.2 Å². The van der Waals surface area contributed by atoms with Crippen LogP contribution in [0.4, 0.5) is 4.39 Å². The molecular formula is C14H11FO2. The van der Waals surface area contributed by atoms with Crippen LogP contribution in [0.25, 0.3) is 6.08 Å². The molecule has 0 fully saturated rings. The minimum Gasteiger partial charge on any atom is -0.458 e. The Hall–Kier alpha value is -2.16. The van der Waals surface area contributed by atoms with Crippen LogP contribution in [0.3, 0.4) is 0 Å². The Morgan fingerprint density at radius 2 is 2.12 bits per heavy atom. The number of rotatable bonds is 3. The Morgan fingerprint density at radius 1 is 1.29 bits per heavy atom. The normalized spacial score (nSPS) is 10.9. The highest BCUT2D eigenvalue weighted by Crippen LogP contribution is 2.10. The van der Waals surface area contributed by atoms with Gasteiger partial charge < -0.3 is 4.42 Å². The van der Waals surface area contributed by atoms with Crippen LogP contribution in [0, 0.1) is 12.7 Å². The monoisotopic (exact) mass is 230 g/mol. The lowest BCUT2D eigenvalue weighted by Gasteiger charge is -1.93. The molecule has 0 bridgehead atoms. The van der Waals surface area contributed by atoms with Gasteiger partial charge in [-0.05, 0) is 42.8 Å². The molecule has 0 aliphatic rings. The standard InChI is InChI=1S/C14H11FO2/c1-10-5-8-14(17-10)13(16)7-6-11-3-2-4-12(15)9-11/h2-9H,1H3/b7-6+. The van der Waals surface area contributed by atoms with Crippen LogP contribution in [-0.4, -0.2) is 5.78 Å². The summed E-state index contributed by atoms with van der Waals surface area (Å²) in [6, 6.07) is 9.37. The van der Waals surface area contributed by atoms with E-state index in [1.807, 2.05) is 0 Å². The van der Waals surface area contributed by atoms with Crippen molar-refractivity contribution in [2.24, 2.45) is 0 Å². The van der Waals surface area contributed by atoms with E-state index in [0.717, 1.165) is 0 Å². The number of carbonyl (C=O) groups is 1. The minimum atomic E-state index is -0.326. The lowest BCUT2D eigenvalue weighted by Crippen LogP contribution is -1.90. The number of halogens is 1. The van der Waals surface area contributed by atoms with Crippen LogP contribution in [-0.2, 0) is 0 Å². The molecule has 0 radical (unpaired) electrons. The number of aryl methyl sites for hydroxylation is 1. The molecule has 2 rings (SSSR count). The van der Waals surface area contributed by atoms with Crippen LogP contribution in [0.5, 0.6) is 0 Å². The molecule has 0 aliphatic carbocycles. The SMILES string of the molecule is Cc1ccc(C(=O)/C=C/c2cccc(F)c2)o1. The predicted octanol–water partition coefficient (Wildman–Crippen LogP) is 3.62. The molecule has 2 aromatic rings. The number of furan rings is 1. The maximum atomic E-state index is 12.9. The molecule has 1 aromatic carbocycles. The smallest absolute Gasteiger partial charge is 0.221 e. The first kappa shape index (κ1) is 11.3. The molecule has 17 heavy (non-hydrogen) atoms. The van der Waals surface area contributed by atoms with Gasteiger partial charge in [0, 0.05) is 0 Å². The first-order chi connectivity index (χ1) is 8.15. The average molecular weight is 230 g/mol. The van der Waals surface area contributed by atoms with Gasteiger partial charge in [0.2, 0.25) is 5.78 Å². The number of allylic oxidation sites excluding steroid dienone is 1. The molecule has 0 atom stereocenters. The van der Waals surface area contributed by atoms with Crippen molar-refractivity contribution in [3.05, 3.63) is 65.4 Å². The van der Waals surface area contributed by atoms with E-state index in [0.29, 0.717) is 11.3 Å². The molecule has 0 amide bonds. The highest BCUT2D eigenvalue weighted by Gasteiger charge is 2.05. The minimum absolute atomic E-state index is 0.234. The van der Waals surface area contributed by atoms with Gasteiger partial charge in [0.05, 0.1) is 0 Å². The number of ketones is 1. The summed E-state index contributed by atoms with van der Waals surface area (Å²) in [6.07, 6.45) is 2.93. The maximum Gasteiger partial charge on any atom is 0.221 e. The summed E-state index contributed by atoms with van der Waals surface area (Å²) < 4.78 is 18.1. The largest absolute Gasteiger partial charge is 0.458 e. The third-order valence-electron chi connectivity index (χ3n) is 2.26. The van der Waals surface area contributed by atoms with Crippen LogP contribution in [0.2, 0.25) is 0 Å². The van der Waals surface area contributed by atoms with E-state index in [9.17, 15) is 9.18 Å². The fourth-order valence-electron chi connectivity index (χ4n) is 1.43. The van der Waals surface area contributed by atoms with Gasteiger partial charge in [0.15, 0.2) is 5.76 Å². The van der Waals surface area contributed by atoms with Crippen molar-refractivity contribution < 1.29 is 13.6 Å². The van der Waals surface area contributed by atoms with Crippen molar-refractivity contribution in [1.82, 2.24) is 0 Å². The van der Waals surface area contributed by atoms with Crippen LogP contribution < -0.4 is 0 Å².